The molecule has 0 saturated carbocycles. The van der Waals surface area contributed by atoms with Crippen LogP contribution in [0.15, 0.2) is 18.2 Å². The van der Waals surface area contributed by atoms with Gasteiger partial charge in [-0.1, -0.05) is 6.92 Å². The van der Waals surface area contributed by atoms with Crippen LogP contribution in [-0.2, 0) is 0 Å². The van der Waals surface area contributed by atoms with E-state index >= 15 is 0 Å². The van der Waals surface area contributed by atoms with Crippen molar-refractivity contribution in [2.45, 2.75) is 19.4 Å². The van der Waals surface area contributed by atoms with Crippen LogP contribution in [0.25, 0.3) is 0 Å². The fraction of sp³-hybridized carbons (Fsp3) is 0.500. The molecule has 1 aromatic rings. The lowest BCUT2D eigenvalue weighted by atomic mass is 9.95. The molecule has 0 aromatic heterocycles. The van der Waals surface area contributed by atoms with Crippen LogP contribution in [-0.4, -0.2) is 32.1 Å². The molecular formula is C14H19FN2O2. The highest BCUT2D eigenvalue weighted by atomic mass is 19.1. The lowest BCUT2D eigenvalue weighted by Crippen LogP contribution is -2.48. The third-order valence-corrected chi connectivity index (χ3v) is 3.52. The zero-order valence-electron chi connectivity index (χ0n) is 11.2. The Balaban J connectivity index is 2.07. The first-order chi connectivity index (χ1) is 9.11. The molecule has 0 spiro atoms. The van der Waals surface area contributed by atoms with Crippen LogP contribution in [0.1, 0.15) is 23.7 Å². The van der Waals surface area contributed by atoms with E-state index in [9.17, 15) is 9.18 Å². The van der Waals surface area contributed by atoms with Crippen LogP contribution in [0.5, 0.6) is 5.75 Å². The lowest BCUT2D eigenvalue weighted by molar-refractivity contribution is 0.0910. The smallest absolute Gasteiger partial charge is 0.254 e. The van der Waals surface area contributed by atoms with Gasteiger partial charge in [-0.2, -0.15) is 0 Å². The minimum Gasteiger partial charge on any atom is -0.497 e. The van der Waals surface area contributed by atoms with Gasteiger partial charge in [-0.05, 0) is 37.6 Å². The Morgan fingerprint density at radius 3 is 2.95 bits per heavy atom. The number of halogens is 1. The van der Waals surface area contributed by atoms with Crippen LogP contribution in [0.2, 0.25) is 0 Å². The molecule has 2 rings (SSSR count). The van der Waals surface area contributed by atoms with Crippen LogP contribution >= 0.6 is 0 Å². The summed E-state index contributed by atoms with van der Waals surface area (Å²) in [4.78, 5) is 12.1. The predicted molar refractivity (Wildman–Crippen MR) is 70.9 cm³/mol. The topological polar surface area (TPSA) is 50.4 Å². The minimum atomic E-state index is -0.557. The number of carbonyl (C=O) groups excluding carboxylic acids is 1. The van der Waals surface area contributed by atoms with Gasteiger partial charge in [0.15, 0.2) is 0 Å². The largest absolute Gasteiger partial charge is 0.497 e. The molecule has 1 saturated heterocycles. The van der Waals surface area contributed by atoms with Crippen molar-refractivity contribution >= 4 is 5.91 Å². The summed E-state index contributed by atoms with van der Waals surface area (Å²) >= 11 is 0. The summed E-state index contributed by atoms with van der Waals surface area (Å²) in [6, 6.07) is 4.36. The molecule has 19 heavy (non-hydrogen) atoms. The number of carbonyl (C=O) groups is 1. The van der Waals surface area contributed by atoms with Crippen molar-refractivity contribution in [1.29, 1.82) is 0 Å². The molecule has 1 aliphatic rings. The average Bonchev–Trinajstić information content (AvgIpc) is 2.41. The SMILES string of the molecule is COc1ccc(C(=O)NC2CCNCC2C)c(F)c1. The van der Waals surface area contributed by atoms with Crippen molar-refractivity contribution < 1.29 is 13.9 Å². The van der Waals surface area contributed by atoms with Gasteiger partial charge >= 0.3 is 0 Å². The molecule has 1 amide bonds. The maximum absolute atomic E-state index is 13.8. The highest BCUT2D eigenvalue weighted by molar-refractivity contribution is 5.94. The van der Waals surface area contributed by atoms with E-state index in [4.69, 9.17) is 4.74 Å². The Morgan fingerprint density at radius 1 is 1.53 bits per heavy atom. The third-order valence-electron chi connectivity index (χ3n) is 3.52. The number of benzene rings is 1. The zero-order chi connectivity index (χ0) is 13.8. The van der Waals surface area contributed by atoms with E-state index in [-0.39, 0.29) is 17.5 Å². The van der Waals surface area contributed by atoms with E-state index in [0.717, 1.165) is 19.5 Å². The van der Waals surface area contributed by atoms with Crippen molar-refractivity contribution in [1.82, 2.24) is 10.6 Å². The summed E-state index contributed by atoms with van der Waals surface area (Å²) in [5, 5.41) is 6.17. The van der Waals surface area contributed by atoms with Crippen LogP contribution in [0, 0.1) is 11.7 Å². The second-order valence-electron chi connectivity index (χ2n) is 4.90. The standard InChI is InChI=1S/C14H19FN2O2/c1-9-8-16-6-5-13(9)17-14(18)11-4-3-10(19-2)7-12(11)15/h3-4,7,9,13,16H,5-6,8H2,1-2H3,(H,17,18). The molecule has 1 fully saturated rings. The van der Waals surface area contributed by atoms with Crippen molar-refractivity contribution in [3.63, 3.8) is 0 Å². The molecular weight excluding hydrogens is 247 g/mol. The minimum absolute atomic E-state index is 0.0616. The molecule has 0 aliphatic carbocycles. The lowest BCUT2D eigenvalue weighted by Gasteiger charge is -2.30. The second-order valence-corrected chi connectivity index (χ2v) is 4.90. The summed E-state index contributed by atoms with van der Waals surface area (Å²) in [6.07, 6.45) is 0.866. The summed E-state index contributed by atoms with van der Waals surface area (Å²) in [5.74, 6) is -0.166. The summed E-state index contributed by atoms with van der Waals surface area (Å²) in [6.45, 7) is 3.82. The first-order valence-electron chi connectivity index (χ1n) is 6.47. The number of nitrogens with one attached hydrogen (secondary N) is 2. The Morgan fingerprint density at radius 2 is 2.32 bits per heavy atom. The van der Waals surface area contributed by atoms with E-state index in [1.165, 1.54) is 19.2 Å². The van der Waals surface area contributed by atoms with Gasteiger partial charge in [-0.25, -0.2) is 4.39 Å². The molecule has 2 N–H and O–H groups in total. The van der Waals surface area contributed by atoms with Gasteiger partial charge in [-0.3, -0.25) is 4.79 Å². The van der Waals surface area contributed by atoms with Gasteiger partial charge in [0, 0.05) is 12.1 Å². The molecule has 1 aliphatic heterocycles. The summed E-state index contributed by atoms with van der Waals surface area (Å²) in [7, 11) is 1.46. The number of ether oxygens (including phenoxy) is 1. The molecule has 0 bridgehead atoms. The number of rotatable bonds is 3. The third kappa shape index (κ3) is 3.23. The number of methoxy groups -OCH3 is 1. The quantitative estimate of drug-likeness (QED) is 0.873. The van der Waals surface area contributed by atoms with Gasteiger partial charge in [-0.15, -0.1) is 0 Å². The first-order valence-corrected chi connectivity index (χ1v) is 6.47. The molecule has 2 atom stereocenters. The number of amides is 1. The van der Waals surface area contributed by atoms with Crippen molar-refractivity contribution in [2.75, 3.05) is 20.2 Å². The number of hydrogen-bond donors (Lipinski definition) is 2. The summed E-state index contributed by atoms with van der Waals surface area (Å²) < 4.78 is 18.7. The van der Waals surface area contributed by atoms with E-state index in [0.29, 0.717) is 11.7 Å². The van der Waals surface area contributed by atoms with E-state index < -0.39 is 5.82 Å². The molecule has 2 unspecified atom stereocenters. The molecule has 5 heteroatoms. The molecule has 4 nitrogen and oxygen atoms in total. The highest BCUT2D eigenvalue weighted by Gasteiger charge is 2.24. The molecule has 1 heterocycles. The zero-order valence-corrected chi connectivity index (χ0v) is 11.2. The fourth-order valence-electron chi connectivity index (χ4n) is 2.28. The maximum Gasteiger partial charge on any atom is 0.254 e. The number of piperidine rings is 1. The van der Waals surface area contributed by atoms with E-state index in [1.54, 1.807) is 6.07 Å². The molecule has 104 valence electrons. The van der Waals surface area contributed by atoms with Crippen LogP contribution in [0.4, 0.5) is 4.39 Å². The van der Waals surface area contributed by atoms with Gasteiger partial charge in [0.05, 0.1) is 12.7 Å². The number of hydrogen-bond acceptors (Lipinski definition) is 3. The summed E-state index contributed by atoms with van der Waals surface area (Å²) in [5.41, 5.74) is 0.0616. The van der Waals surface area contributed by atoms with Crippen LogP contribution in [0.3, 0.4) is 0 Å². The Bertz CT molecular complexity index is 465. The first kappa shape index (κ1) is 13.8. The Kier molecular flexibility index (Phi) is 4.37. The average molecular weight is 266 g/mol. The van der Waals surface area contributed by atoms with E-state index in [1.807, 2.05) is 0 Å². The highest BCUT2D eigenvalue weighted by Crippen LogP contribution is 2.17. The van der Waals surface area contributed by atoms with Gasteiger partial charge in [0.25, 0.3) is 5.91 Å². The fourth-order valence-corrected chi connectivity index (χ4v) is 2.28. The van der Waals surface area contributed by atoms with Crippen molar-refractivity contribution in [2.24, 2.45) is 5.92 Å². The Labute approximate surface area is 112 Å². The normalized spacial score (nSPS) is 22.9. The Hall–Kier alpha value is -1.62. The molecule has 0 radical (unpaired) electrons. The molecule has 1 aromatic carbocycles. The van der Waals surface area contributed by atoms with E-state index in [2.05, 4.69) is 17.6 Å². The van der Waals surface area contributed by atoms with Gasteiger partial charge in [0.1, 0.15) is 11.6 Å². The van der Waals surface area contributed by atoms with Crippen molar-refractivity contribution in [3.05, 3.63) is 29.6 Å². The monoisotopic (exact) mass is 266 g/mol. The predicted octanol–water partition coefficient (Wildman–Crippen LogP) is 1.56. The second kappa shape index (κ2) is 6.02. The van der Waals surface area contributed by atoms with Gasteiger partial charge < -0.3 is 15.4 Å². The van der Waals surface area contributed by atoms with Crippen LogP contribution < -0.4 is 15.4 Å². The van der Waals surface area contributed by atoms with Crippen molar-refractivity contribution in [3.8, 4) is 5.75 Å². The van der Waals surface area contributed by atoms with Gasteiger partial charge in [0.2, 0.25) is 0 Å². The maximum atomic E-state index is 13.8.